The maximum Gasteiger partial charge on any atom is 0.122 e. The lowest BCUT2D eigenvalue weighted by atomic mass is 9.84. The van der Waals surface area contributed by atoms with Crippen molar-refractivity contribution in [2.45, 2.75) is 52.4 Å². The minimum atomic E-state index is 0.0177. The predicted octanol–water partition coefficient (Wildman–Crippen LogP) is 7.12. The van der Waals surface area contributed by atoms with E-state index in [4.69, 9.17) is 0 Å². The highest BCUT2D eigenvalue weighted by Crippen LogP contribution is 2.42. The van der Waals surface area contributed by atoms with Crippen LogP contribution in [-0.4, -0.2) is 20.2 Å². The highest BCUT2D eigenvalue weighted by atomic mass is 16.3. The lowest BCUT2D eigenvalue weighted by Gasteiger charge is -2.22. The van der Waals surface area contributed by atoms with Gasteiger partial charge in [0, 0.05) is 47.8 Å². The number of pyridine rings is 2. The molecule has 0 saturated heterocycles. The van der Waals surface area contributed by atoms with Crippen LogP contribution in [0.2, 0.25) is 0 Å². The van der Waals surface area contributed by atoms with Crippen molar-refractivity contribution in [3.63, 3.8) is 0 Å². The summed E-state index contributed by atoms with van der Waals surface area (Å²) >= 11 is 0. The molecule has 0 aliphatic carbocycles. The molecule has 34 heavy (non-hydrogen) atoms. The summed E-state index contributed by atoms with van der Waals surface area (Å²) in [6, 6.07) is 16.3. The standard InChI is InChI=1S/C30H32N2O2/c1-5-21-16-25(18-28(30(21)34)26(6-2)23-9-13-32-14-10-23)24-15-19(3)29(33)27(17-24)20(4)22-7-11-31-12-8-22/h7-18,20,26,33-34H,5-6H2,1-4H3. The van der Waals surface area contributed by atoms with Gasteiger partial charge in [-0.2, -0.15) is 0 Å². The number of aromatic nitrogens is 2. The third kappa shape index (κ3) is 4.54. The summed E-state index contributed by atoms with van der Waals surface area (Å²) in [4.78, 5) is 8.28. The van der Waals surface area contributed by atoms with Gasteiger partial charge < -0.3 is 10.2 Å². The van der Waals surface area contributed by atoms with Crippen molar-refractivity contribution in [1.29, 1.82) is 0 Å². The van der Waals surface area contributed by atoms with Crippen molar-refractivity contribution < 1.29 is 10.2 Å². The zero-order chi connectivity index (χ0) is 24.2. The van der Waals surface area contributed by atoms with E-state index in [-0.39, 0.29) is 11.8 Å². The molecule has 2 unspecified atom stereocenters. The molecule has 2 aromatic heterocycles. The van der Waals surface area contributed by atoms with Crippen LogP contribution in [0.25, 0.3) is 11.1 Å². The Kier molecular flexibility index (Phi) is 6.97. The molecule has 2 atom stereocenters. The first-order valence-electron chi connectivity index (χ1n) is 11.9. The Bertz CT molecular complexity index is 1270. The predicted molar refractivity (Wildman–Crippen MR) is 137 cm³/mol. The summed E-state index contributed by atoms with van der Waals surface area (Å²) in [5.74, 6) is 0.785. The minimum absolute atomic E-state index is 0.0177. The number of benzene rings is 2. The van der Waals surface area contributed by atoms with E-state index in [1.165, 1.54) is 0 Å². The van der Waals surface area contributed by atoms with E-state index in [0.29, 0.717) is 11.5 Å². The molecule has 2 aromatic carbocycles. The van der Waals surface area contributed by atoms with E-state index in [2.05, 4.69) is 48.9 Å². The lowest BCUT2D eigenvalue weighted by molar-refractivity contribution is 0.457. The fraction of sp³-hybridized carbons (Fsp3) is 0.267. The van der Waals surface area contributed by atoms with Crippen LogP contribution in [0.3, 0.4) is 0 Å². The Morgan fingerprint density at radius 2 is 1.29 bits per heavy atom. The molecule has 0 bridgehead atoms. The zero-order valence-electron chi connectivity index (χ0n) is 20.3. The number of hydrogen-bond acceptors (Lipinski definition) is 4. The Labute approximate surface area is 202 Å². The van der Waals surface area contributed by atoms with Gasteiger partial charge in [0.25, 0.3) is 0 Å². The smallest absolute Gasteiger partial charge is 0.122 e. The first-order chi connectivity index (χ1) is 16.4. The van der Waals surface area contributed by atoms with E-state index in [9.17, 15) is 10.2 Å². The van der Waals surface area contributed by atoms with Gasteiger partial charge in [0.2, 0.25) is 0 Å². The highest BCUT2D eigenvalue weighted by molar-refractivity contribution is 5.71. The van der Waals surface area contributed by atoms with Crippen LogP contribution in [0.1, 0.15) is 72.4 Å². The van der Waals surface area contributed by atoms with Crippen molar-refractivity contribution in [2.75, 3.05) is 0 Å². The third-order valence-electron chi connectivity index (χ3n) is 6.83. The van der Waals surface area contributed by atoms with Crippen LogP contribution in [0.4, 0.5) is 0 Å². The van der Waals surface area contributed by atoms with Crippen molar-refractivity contribution >= 4 is 0 Å². The van der Waals surface area contributed by atoms with Gasteiger partial charge in [-0.05, 0) is 102 Å². The lowest BCUT2D eigenvalue weighted by Crippen LogP contribution is -2.03. The molecule has 0 aliphatic heterocycles. The SMILES string of the molecule is CCc1cc(-c2cc(C)c(O)c(C(C)c3ccncc3)c2)cc(C(CC)c2ccncc2)c1O. The molecule has 4 nitrogen and oxygen atoms in total. The number of hydrogen-bond donors (Lipinski definition) is 2. The number of rotatable bonds is 7. The van der Waals surface area contributed by atoms with E-state index in [0.717, 1.165) is 57.3 Å². The summed E-state index contributed by atoms with van der Waals surface area (Å²) in [6.07, 6.45) is 8.76. The topological polar surface area (TPSA) is 66.2 Å². The van der Waals surface area contributed by atoms with E-state index >= 15 is 0 Å². The van der Waals surface area contributed by atoms with Crippen molar-refractivity contribution in [3.8, 4) is 22.6 Å². The fourth-order valence-electron chi connectivity index (χ4n) is 4.79. The average Bonchev–Trinajstić information content (AvgIpc) is 2.87. The number of aryl methyl sites for hydroxylation is 2. The van der Waals surface area contributed by atoms with Gasteiger partial charge in [-0.25, -0.2) is 0 Å². The van der Waals surface area contributed by atoms with E-state index < -0.39 is 0 Å². The number of phenols is 2. The summed E-state index contributed by atoms with van der Waals surface area (Å²) in [5.41, 5.74) is 7.89. The molecule has 4 rings (SSSR count). The summed E-state index contributed by atoms with van der Waals surface area (Å²) in [7, 11) is 0. The van der Waals surface area contributed by atoms with Crippen LogP contribution in [0.5, 0.6) is 11.5 Å². The Balaban J connectivity index is 1.86. The molecule has 0 amide bonds. The van der Waals surface area contributed by atoms with Gasteiger partial charge in [0.1, 0.15) is 11.5 Å². The number of phenolic OH excluding ortho intramolecular Hbond substituents is 2. The molecule has 0 fully saturated rings. The molecule has 174 valence electrons. The first-order valence-corrected chi connectivity index (χ1v) is 11.9. The summed E-state index contributed by atoms with van der Waals surface area (Å²) < 4.78 is 0. The van der Waals surface area contributed by atoms with Gasteiger partial charge in [0.05, 0.1) is 0 Å². The second kappa shape index (κ2) is 10.1. The van der Waals surface area contributed by atoms with Gasteiger partial charge in [-0.15, -0.1) is 0 Å². The molecule has 0 aliphatic rings. The van der Waals surface area contributed by atoms with Crippen LogP contribution in [-0.2, 0) is 6.42 Å². The fourth-order valence-corrected chi connectivity index (χ4v) is 4.79. The first kappa shape index (κ1) is 23.5. The van der Waals surface area contributed by atoms with Gasteiger partial charge in [0.15, 0.2) is 0 Å². The zero-order valence-corrected chi connectivity index (χ0v) is 20.3. The van der Waals surface area contributed by atoms with Crippen molar-refractivity contribution in [3.05, 3.63) is 107 Å². The van der Waals surface area contributed by atoms with Gasteiger partial charge in [-0.3, -0.25) is 9.97 Å². The molecule has 0 saturated carbocycles. The number of nitrogens with zero attached hydrogens (tertiary/aromatic N) is 2. The minimum Gasteiger partial charge on any atom is -0.507 e. The van der Waals surface area contributed by atoms with E-state index in [1.54, 1.807) is 24.8 Å². The van der Waals surface area contributed by atoms with Crippen LogP contribution in [0, 0.1) is 6.92 Å². The van der Waals surface area contributed by atoms with Crippen LogP contribution in [0.15, 0.2) is 73.3 Å². The van der Waals surface area contributed by atoms with Gasteiger partial charge >= 0.3 is 0 Å². The Morgan fingerprint density at radius 3 is 1.88 bits per heavy atom. The van der Waals surface area contributed by atoms with Crippen LogP contribution >= 0.6 is 0 Å². The quantitative estimate of drug-likeness (QED) is 0.313. The van der Waals surface area contributed by atoms with Crippen molar-refractivity contribution in [1.82, 2.24) is 9.97 Å². The van der Waals surface area contributed by atoms with Crippen molar-refractivity contribution in [2.24, 2.45) is 0 Å². The third-order valence-corrected chi connectivity index (χ3v) is 6.83. The second-order valence-corrected chi connectivity index (χ2v) is 8.90. The largest absolute Gasteiger partial charge is 0.507 e. The molecule has 0 radical (unpaired) electrons. The Morgan fingerprint density at radius 1 is 0.735 bits per heavy atom. The molecule has 2 heterocycles. The second-order valence-electron chi connectivity index (χ2n) is 8.90. The molecular weight excluding hydrogens is 420 g/mol. The van der Waals surface area contributed by atoms with Gasteiger partial charge in [-0.1, -0.05) is 20.8 Å². The summed E-state index contributed by atoms with van der Waals surface area (Å²) in [5, 5.41) is 22.1. The normalized spacial score (nSPS) is 12.9. The van der Waals surface area contributed by atoms with Crippen LogP contribution < -0.4 is 0 Å². The maximum absolute atomic E-state index is 11.2. The monoisotopic (exact) mass is 452 g/mol. The molecule has 4 heteroatoms. The molecule has 0 spiro atoms. The highest BCUT2D eigenvalue weighted by Gasteiger charge is 2.21. The Hall–Kier alpha value is -3.66. The molecular formula is C30H32N2O2. The summed E-state index contributed by atoms with van der Waals surface area (Å²) in [6.45, 7) is 8.25. The van der Waals surface area contributed by atoms with E-state index in [1.807, 2.05) is 37.3 Å². The average molecular weight is 453 g/mol. The maximum atomic E-state index is 11.2. The molecule has 4 aromatic rings. The number of aromatic hydroxyl groups is 2. The molecule has 2 N–H and O–H groups in total.